The monoisotopic (exact) mass is 292 g/mol. The highest BCUT2D eigenvalue weighted by Gasteiger charge is 2.22. The molecule has 0 saturated carbocycles. The van der Waals surface area contributed by atoms with E-state index in [0.717, 1.165) is 12.8 Å². The summed E-state index contributed by atoms with van der Waals surface area (Å²) in [5.41, 5.74) is 0.290. The Bertz CT molecular complexity index is 479. The highest BCUT2D eigenvalue weighted by molar-refractivity contribution is 5.93. The molecule has 1 atom stereocenters. The molecule has 0 spiro atoms. The van der Waals surface area contributed by atoms with Gasteiger partial charge in [0.05, 0.1) is 12.5 Å². The van der Waals surface area contributed by atoms with Gasteiger partial charge in [0, 0.05) is 0 Å². The second-order valence-corrected chi connectivity index (χ2v) is 5.44. The topological polar surface area (TPSA) is 52.6 Å². The van der Waals surface area contributed by atoms with Gasteiger partial charge in [0.15, 0.2) is 0 Å². The van der Waals surface area contributed by atoms with Crippen molar-refractivity contribution in [2.24, 2.45) is 11.8 Å². The van der Waals surface area contributed by atoms with Crippen LogP contribution >= 0.6 is 0 Å². The molecule has 0 bridgehead atoms. The molecule has 0 fully saturated rings. The van der Waals surface area contributed by atoms with E-state index in [1.165, 1.54) is 0 Å². The summed E-state index contributed by atoms with van der Waals surface area (Å²) in [7, 11) is 0. The van der Waals surface area contributed by atoms with Gasteiger partial charge >= 0.3 is 11.9 Å². The highest BCUT2D eigenvalue weighted by atomic mass is 16.5. The van der Waals surface area contributed by atoms with Crippen LogP contribution in [0.1, 0.15) is 50.9 Å². The molecule has 0 saturated heterocycles. The van der Waals surface area contributed by atoms with Crippen molar-refractivity contribution in [3.8, 4) is 5.75 Å². The molecule has 0 N–H and O–H groups in total. The van der Waals surface area contributed by atoms with Crippen molar-refractivity contribution in [1.29, 1.82) is 0 Å². The first-order valence-corrected chi connectivity index (χ1v) is 7.45. The van der Waals surface area contributed by atoms with Crippen molar-refractivity contribution in [3.05, 3.63) is 29.8 Å². The van der Waals surface area contributed by atoms with E-state index in [-0.39, 0.29) is 29.1 Å². The highest BCUT2D eigenvalue weighted by Crippen LogP contribution is 2.22. The maximum atomic E-state index is 12.0. The summed E-state index contributed by atoms with van der Waals surface area (Å²) in [6, 6.07) is 6.67. The largest absolute Gasteiger partial charge is 0.462 e. The molecule has 4 heteroatoms. The number of carbonyl (C=O) groups excluding carboxylic acids is 2. The van der Waals surface area contributed by atoms with E-state index >= 15 is 0 Å². The first kappa shape index (κ1) is 17.2. The average Bonchev–Trinajstić information content (AvgIpc) is 2.46. The Morgan fingerprint density at radius 3 is 2.43 bits per heavy atom. The van der Waals surface area contributed by atoms with Gasteiger partial charge in [0.1, 0.15) is 11.3 Å². The Balaban J connectivity index is 2.79. The van der Waals surface area contributed by atoms with Gasteiger partial charge in [0.25, 0.3) is 0 Å². The number of unbranched alkanes of at least 4 members (excludes halogenated alkanes) is 1. The standard InChI is InChI=1S/C17H24O4/c1-5-6-11-20-17(19)14-9-7-8-10-15(14)21-16(18)13(4)12(2)3/h7-10,12-13H,5-6,11H2,1-4H3. The van der Waals surface area contributed by atoms with E-state index in [1.54, 1.807) is 24.3 Å². The second-order valence-electron chi connectivity index (χ2n) is 5.44. The Kier molecular flexibility index (Phi) is 6.92. The van der Waals surface area contributed by atoms with Crippen molar-refractivity contribution in [2.75, 3.05) is 6.61 Å². The van der Waals surface area contributed by atoms with Gasteiger partial charge < -0.3 is 9.47 Å². The summed E-state index contributed by atoms with van der Waals surface area (Å²) in [6.45, 7) is 8.12. The van der Waals surface area contributed by atoms with E-state index in [1.807, 2.05) is 27.7 Å². The molecule has 116 valence electrons. The fourth-order valence-corrected chi connectivity index (χ4v) is 1.58. The number of hydrogen-bond donors (Lipinski definition) is 0. The minimum Gasteiger partial charge on any atom is -0.462 e. The van der Waals surface area contributed by atoms with Gasteiger partial charge in [-0.15, -0.1) is 0 Å². The minimum atomic E-state index is -0.455. The Morgan fingerprint density at radius 2 is 1.81 bits per heavy atom. The van der Waals surface area contributed by atoms with Crippen LogP contribution in [-0.2, 0) is 9.53 Å². The van der Waals surface area contributed by atoms with Crippen molar-refractivity contribution < 1.29 is 19.1 Å². The van der Waals surface area contributed by atoms with Crippen LogP contribution in [-0.4, -0.2) is 18.5 Å². The average molecular weight is 292 g/mol. The third kappa shape index (κ3) is 5.21. The van der Waals surface area contributed by atoms with Crippen LogP contribution in [0.3, 0.4) is 0 Å². The first-order valence-electron chi connectivity index (χ1n) is 7.45. The lowest BCUT2D eigenvalue weighted by molar-refractivity contribution is -0.139. The normalized spacial score (nSPS) is 12.0. The number of hydrogen-bond acceptors (Lipinski definition) is 4. The summed E-state index contributed by atoms with van der Waals surface area (Å²) in [5, 5.41) is 0. The van der Waals surface area contributed by atoms with Crippen LogP contribution in [0, 0.1) is 11.8 Å². The molecule has 21 heavy (non-hydrogen) atoms. The maximum Gasteiger partial charge on any atom is 0.341 e. The molecular weight excluding hydrogens is 268 g/mol. The van der Waals surface area contributed by atoms with Crippen LogP contribution in [0.5, 0.6) is 5.75 Å². The Hall–Kier alpha value is -1.84. The van der Waals surface area contributed by atoms with E-state index in [4.69, 9.17) is 9.47 Å². The van der Waals surface area contributed by atoms with Crippen LogP contribution in [0.4, 0.5) is 0 Å². The van der Waals surface area contributed by atoms with E-state index in [0.29, 0.717) is 6.61 Å². The summed E-state index contributed by atoms with van der Waals surface area (Å²) in [6.07, 6.45) is 1.77. The lowest BCUT2D eigenvalue weighted by Crippen LogP contribution is -2.23. The molecule has 0 aliphatic heterocycles. The molecule has 0 amide bonds. The van der Waals surface area contributed by atoms with Crippen LogP contribution in [0.2, 0.25) is 0 Å². The quantitative estimate of drug-likeness (QED) is 0.435. The van der Waals surface area contributed by atoms with Gasteiger partial charge in [-0.3, -0.25) is 4.79 Å². The molecule has 0 aliphatic rings. The van der Waals surface area contributed by atoms with Crippen molar-refractivity contribution >= 4 is 11.9 Å². The predicted molar refractivity (Wildman–Crippen MR) is 81.3 cm³/mol. The summed E-state index contributed by atoms with van der Waals surface area (Å²) >= 11 is 0. The summed E-state index contributed by atoms with van der Waals surface area (Å²) < 4.78 is 10.5. The SMILES string of the molecule is CCCCOC(=O)c1ccccc1OC(=O)C(C)C(C)C. The Labute approximate surface area is 126 Å². The third-order valence-corrected chi connectivity index (χ3v) is 3.42. The van der Waals surface area contributed by atoms with Crippen molar-refractivity contribution in [2.45, 2.75) is 40.5 Å². The number of para-hydroxylation sites is 1. The first-order chi connectivity index (χ1) is 9.97. The number of benzene rings is 1. The van der Waals surface area contributed by atoms with Crippen molar-refractivity contribution in [3.63, 3.8) is 0 Å². The van der Waals surface area contributed by atoms with Crippen LogP contribution in [0.25, 0.3) is 0 Å². The van der Waals surface area contributed by atoms with E-state index < -0.39 is 5.97 Å². The molecule has 0 radical (unpaired) electrons. The number of rotatable bonds is 7. The molecule has 1 unspecified atom stereocenters. The zero-order valence-electron chi connectivity index (χ0n) is 13.2. The molecule has 1 aromatic rings. The molecule has 0 aliphatic carbocycles. The second kappa shape index (κ2) is 8.45. The number of esters is 2. The maximum absolute atomic E-state index is 12.0. The number of ether oxygens (including phenoxy) is 2. The van der Waals surface area contributed by atoms with E-state index in [9.17, 15) is 9.59 Å². The lowest BCUT2D eigenvalue weighted by atomic mass is 9.98. The summed E-state index contributed by atoms with van der Waals surface area (Å²) in [5.74, 6) is -0.574. The predicted octanol–water partition coefficient (Wildman–Crippen LogP) is 3.84. The van der Waals surface area contributed by atoms with Gasteiger partial charge in [-0.1, -0.05) is 46.2 Å². The van der Waals surface area contributed by atoms with Crippen LogP contribution in [0.15, 0.2) is 24.3 Å². The Morgan fingerprint density at radius 1 is 1.14 bits per heavy atom. The van der Waals surface area contributed by atoms with E-state index in [2.05, 4.69) is 0 Å². The zero-order valence-corrected chi connectivity index (χ0v) is 13.2. The number of carbonyl (C=O) groups is 2. The third-order valence-electron chi connectivity index (χ3n) is 3.42. The van der Waals surface area contributed by atoms with Gasteiger partial charge in [-0.2, -0.15) is 0 Å². The molecule has 0 aromatic heterocycles. The molecule has 0 heterocycles. The molecular formula is C17H24O4. The van der Waals surface area contributed by atoms with Crippen LogP contribution < -0.4 is 4.74 Å². The zero-order chi connectivity index (χ0) is 15.8. The molecule has 1 aromatic carbocycles. The smallest absolute Gasteiger partial charge is 0.341 e. The fourth-order valence-electron chi connectivity index (χ4n) is 1.58. The van der Waals surface area contributed by atoms with Gasteiger partial charge in [-0.25, -0.2) is 4.79 Å². The molecule has 4 nitrogen and oxygen atoms in total. The van der Waals surface area contributed by atoms with Gasteiger partial charge in [0.2, 0.25) is 0 Å². The fraction of sp³-hybridized carbons (Fsp3) is 0.529. The van der Waals surface area contributed by atoms with Gasteiger partial charge in [-0.05, 0) is 24.5 Å². The molecule has 1 rings (SSSR count). The minimum absolute atomic E-state index is 0.182. The lowest BCUT2D eigenvalue weighted by Gasteiger charge is -2.15. The summed E-state index contributed by atoms with van der Waals surface area (Å²) in [4.78, 5) is 24.0. The van der Waals surface area contributed by atoms with Crippen molar-refractivity contribution in [1.82, 2.24) is 0 Å².